The highest BCUT2D eigenvalue weighted by Gasteiger charge is 1.95. The minimum atomic E-state index is 0.340. The molecule has 0 aliphatic heterocycles. The van der Waals surface area contributed by atoms with Crippen molar-refractivity contribution in [1.82, 2.24) is 0 Å². The summed E-state index contributed by atoms with van der Waals surface area (Å²) in [6.45, 7) is 5.55. The molecule has 0 saturated heterocycles. The van der Waals surface area contributed by atoms with Gasteiger partial charge in [0, 0.05) is 6.42 Å². The van der Waals surface area contributed by atoms with Gasteiger partial charge in [0.05, 0.1) is 0 Å². The number of ketones is 1. The van der Waals surface area contributed by atoms with Crippen molar-refractivity contribution < 1.29 is 4.79 Å². The Morgan fingerprint density at radius 3 is 1.41 bits per heavy atom. The topological polar surface area (TPSA) is 17.1 Å². The van der Waals surface area contributed by atoms with Crippen LogP contribution in [0.3, 0.4) is 0 Å². The molecule has 0 aliphatic carbocycles. The average molecular weight is 239 g/mol. The van der Waals surface area contributed by atoms with Gasteiger partial charge < -0.3 is 4.79 Å². The van der Waals surface area contributed by atoms with Gasteiger partial charge in [-0.1, -0.05) is 77.6 Å². The van der Waals surface area contributed by atoms with Gasteiger partial charge >= 0.3 is 0 Å². The van der Waals surface area contributed by atoms with Crippen molar-refractivity contribution in [2.75, 3.05) is 0 Å². The maximum atomic E-state index is 10.7. The van der Waals surface area contributed by atoms with Gasteiger partial charge in [-0.2, -0.15) is 0 Å². The minimum absolute atomic E-state index is 0.340. The molecular weight excluding hydrogens is 208 g/mol. The molecule has 0 spiro atoms. The van der Waals surface area contributed by atoms with Crippen molar-refractivity contribution in [3.05, 3.63) is 6.92 Å². The Morgan fingerprint density at radius 1 is 0.706 bits per heavy atom. The van der Waals surface area contributed by atoms with E-state index < -0.39 is 0 Å². The number of hydrogen-bond donors (Lipinski definition) is 0. The molecule has 0 aromatic carbocycles. The number of Topliss-reactive ketones (excluding diaryl/α,β-unsaturated/α-hetero) is 1. The summed E-state index contributed by atoms with van der Waals surface area (Å²) in [5.41, 5.74) is 0. The number of carbonyl (C=O) groups excluding carboxylic acids is 1. The average Bonchev–Trinajstić information content (AvgIpc) is 2.30. The molecule has 1 radical (unpaired) electrons. The maximum Gasteiger partial charge on any atom is 0.129 e. The van der Waals surface area contributed by atoms with Gasteiger partial charge in [-0.3, -0.25) is 0 Å². The monoisotopic (exact) mass is 239 g/mol. The first kappa shape index (κ1) is 16.7. The zero-order valence-electron chi connectivity index (χ0n) is 11.8. The lowest BCUT2D eigenvalue weighted by atomic mass is 10.0. The predicted molar refractivity (Wildman–Crippen MR) is 76.1 cm³/mol. The summed E-state index contributed by atoms with van der Waals surface area (Å²) >= 11 is 0. The van der Waals surface area contributed by atoms with E-state index in [2.05, 4.69) is 6.92 Å². The third-order valence-corrected chi connectivity index (χ3v) is 3.28. The molecule has 0 aromatic heterocycles. The molecule has 0 saturated carbocycles. The van der Waals surface area contributed by atoms with Crippen molar-refractivity contribution in [3.8, 4) is 0 Å². The van der Waals surface area contributed by atoms with Crippen LogP contribution in [0.15, 0.2) is 0 Å². The van der Waals surface area contributed by atoms with Gasteiger partial charge in [-0.05, 0) is 13.3 Å². The number of carbonyl (C=O) groups is 1. The molecule has 0 aliphatic rings. The van der Waals surface area contributed by atoms with E-state index >= 15 is 0 Å². The predicted octanol–water partition coefficient (Wildman–Crippen LogP) is 5.48. The van der Waals surface area contributed by atoms with E-state index in [9.17, 15) is 4.79 Å². The fraction of sp³-hybridized carbons (Fsp3) is 0.875. The van der Waals surface area contributed by atoms with Gasteiger partial charge in [0.15, 0.2) is 0 Å². The maximum absolute atomic E-state index is 10.7. The van der Waals surface area contributed by atoms with Crippen LogP contribution in [0.2, 0.25) is 0 Å². The van der Waals surface area contributed by atoms with Gasteiger partial charge in [0.25, 0.3) is 0 Å². The molecule has 0 atom stereocenters. The second-order valence-corrected chi connectivity index (χ2v) is 5.19. The third-order valence-electron chi connectivity index (χ3n) is 3.28. The zero-order valence-corrected chi connectivity index (χ0v) is 11.8. The molecule has 1 heteroatoms. The van der Waals surface area contributed by atoms with E-state index in [0.29, 0.717) is 5.78 Å². The van der Waals surface area contributed by atoms with Gasteiger partial charge in [0.1, 0.15) is 5.78 Å². The van der Waals surface area contributed by atoms with Gasteiger partial charge in [-0.15, -0.1) is 0 Å². The Labute approximate surface area is 108 Å². The molecule has 0 rings (SSSR count). The van der Waals surface area contributed by atoms with Crippen LogP contribution in [0.1, 0.15) is 90.4 Å². The largest absolute Gasteiger partial charge is 0.300 e. The zero-order chi connectivity index (χ0) is 12.8. The van der Waals surface area contributed by atoms with Crippen LogP contribution in [0, 0.1) is 6.92 Å². The Bertz CT molecular complexity index is 163. The minimum Gasteiger partial charge on any atom is -0.300 e. The second kappa shape index (κ2) is 13.7. The van der Waals surface area contributed by atoms with Crippen LogP contribution in [0.25, 0.3) is 0 Å². The smallest absolute Gasteiger partial charge is 0.129 e. The summed E-state index contributed by atoms with van der Waals surface area (Å²) in [5.74, 6) is 0.340. The quantitative estimate of drug-likeness (QED) is 0.389. The van der Waals surface area contributed by atoms with E-state index in [1.54, 1.807) is 6.92 Å². The molecular formula is C16H31O. The second-order valence-electron chi connectivity index (χ2n) is 5.19. The molecule has 0 amide bonds. The highest BCUT2D eigenvalue weighted by molar-refractivity contribution is 5.75. The Hall–Kier alpha value is -0.330. The summed E-state index contributed by atoms with van der Waals surface area (Å²) in [6.07, 6.45) is 16.6. The number of unbranched alkanes of at least 4 members (excludes halogenated alkanes) is 11. The Morgan fingerprint density at radius 2 is 1.06 bits per heavy atom. The Kier molecular flexibility index (Phi) is 13.5. The van der Waals surface area contributed by atoms with E-state index in [4.69, 9.17) is 0 Å². The standard InChI is InChI=1S/C16H31O/c1-3-4-5-6-7-8-9-10-11-12-13-14-15-16(2)17/h1,3-15H2,2H3. The third kappa shape index (κ3) is 15.7. The van der Waals surface area contributed by atoms with Crippen LogP contribution in [-0.2, 0) is 4.79 Å². The first-order valence-corrected chi connectivity index (χ1v) is 7.56. The Balaban J connectivity index is 2.91. The fourth-order valence-corrected chi connectivity index (χ4v) is 2.14. The number of hydrogen-bond acceptors (Lipinski definition) is 1. The molecule has 1 nitrogen and oxygen atoms in total. The van der Waals surface area contributed by atoms with Crippen LogP contribution >= 0.6 is 0 Å². The normalized spacial score (nSPS) is 10.7. The fourth-order valence-electron chi connectivity index (χ4n) is 2.14. The summed E-state index contributed by atoms with van der Waals surface area (Å²) in [5, 5.41) is 0. The van der Waals surface area contributed by atoms with E-state index in [-0.39, 0.29) is 0 Å². The molecule has 0 unspecified atom stereocenters. The van der Waals surface area contributed by atoms with Crippen molar-refractivity contribution in [1.29, 1.82) is 0 Å². The highest BCUT2D eigenvalue weighted by atomic mass is 16.1. The van der Waals surface area contributed by atoms with Crippen LogP contribution < -0.4 is 0 Å². The highest BCUT2D eigenvalue weighted by Crippen LogP contribution is 2.12. The first-order valence-electron chi connectivity index (χ1n) is 7.56. The van der Waals surface area contributed by atoms with Crippen molar-refractivity contribution in [3.63, 3.8) is 0 Å². The summed E-state index contributed by atoms with van der Waals surface area (Å²) in [6, 6.07) is 0. The van der Waals surface area contributed by atoms with E-state index in [1.165, 1.54) is 64.2 Å². The molecule has 0 heterocycles. The lowest BCUT2D eigenvalue weighted by molar-refractivity contribution is -0.117. The summed E-state index contributed by atoms with van der Waals surface area (Å²) < 4.78 is 0. The van der Waals surface area contributed by atoms with E-state index in [1.807, 2.05) is 0 Å². The lowest BCUT2D eigenvalue weighted by Crippen LogP contribution is -1.89. The lowest BCUT2D eigenvalue weighted by Gasteiger charge is -2.02. The molecule has 0 aromatic rings. The summed E-state index contributed by atoms with van der Waals surface area (Å²) in [7, 11) is 0. The first-order chi connectivity index (χ1) is 8.27. The molecule has 17 heavy (non-hydrogen) atoms. The van der Waals surface area contributed by atoms with Gasteiger partial charge in [0.2, 0.25) is 0 Å². The SMILES string of the molecule is [CH2]CCCCCCCCCCCCCC(C)=O. The van der Waals surface area contributed by atoms with Crippen molar-refractivity contribution in [2.24, 2.45) is 0 Å². The molecule has 101 valence electrons. The van der Waals surface area contributed by atoms with Gasteiger partial charge in [-0.25, -0.2) is 0 Å². The van der Waals surface area contributed by atoms with E-state index in [0.717, 1.165) is 19.3 Å². The molecule has 0 N–H and O–H groups in total. The molecule has 0 bridgehead atoms. The molecule has 0 fully saturated rings. The van der Waals surface area contributed by atoms with Crippen LogP contribution in [0.5, 0.6) is 0 Å². The summed E-state index contributed by atoms with van der Waals surface area (Å²) in [4.78, 5) is 10.7. The van der Waals surface area contributed by atoms with Crippen molar-refractivity contribution in [2.45, 2.75) is 90.4 Å². The van der Waals surface area contributed by atoms with Crippen molar-refractivity contribution >= 4 is 5.78 Å². The van der Waals surface area contributed by atoms with Crippen LogP contribution in [-0.4, -0.2) is 5.78 Å². The van der Waals surface area contributed by atoms with Crippen LogP contribution in [0.4, 0.5) is 0 Å². The number of rotatable bonds is 13.